The van der Waals surface area contributed by atoms with Crippen LogP contribution in [0.15, 0.2) is 18.2 Å². The largest absolute Gasteiger partial charge is 0.329 e. The van der Waals surface area contributed by atoms with Crippen molar-refractivity contribution >= 4 is 17.7 Å². The number of likely N-dealkylation sites (tertiary alicyclic amines) is 1. The molecule has 0 aromatic heterocycles. The molecule has 1 aromatic rings. The number of imide groups is 1. The van der Waals surface area contributed by atoms with Crippen LogP contribution in [0.5, 0.6) is 0 Å². The third-order valence-corrected chi connectivity index (χ3v) is 5.81. The minimum absolute atomic E-state index is 0.145. The van der Waals surface area contributed by atoms with Crippen LogP contribution < -0.4 is 11.1 Å². The molecule has 28 heavy (non-hydrogen) atoms. The number of rotatable bonds is 4. The van der Waals surface area contributed by atoms with E-state index in [-0.39, 0.29) is 57.3 Å². The molecule has 0 spiro atoms. The van der Waals surface area contributed by atoms with Crippen LogP contribution >= 0.6 is 0 Å². The molecule has 0 aliphatic carbocycles. The lowest BCUT2D eigenvalue weighted by atomic mass is 10.0. The molecule has 3 aliphatic heterocycles. The fourth-order valence-corrected chi connectivity index (χ4v) is 4.40. The Balaban J connectivity index is 1.56. The lowest BCUT2D eigenvalue weighted by Gasteiger charge is -2.29. The van der Waals surface area contributed by atoms with Gasteiger partial charge in [-0.3, -0.25) is 24.6 Å². The normalized spacial score (nSPS) is 27.2. The van der Waals surface area contributed by atoms with Crippen molar-refractivity contribution in [2.45, 2.75) is 50.4 Å². The van der Waals surface area contributed by atoms with Crippen molar-refractivity contribution in [2.24, 2.45) is 5.73 Å². The molecule has 1 aromatic carbocycles. The average Bonchev–Trinajstić information content (AvgIpc) is 3.12. The molecule has 2 atom stereocenters. The van der Waals surface area contributed by atoms with E-state index >= 15 is 0 Å². The Labute approximate surface area is 160 Å². The van der Waals surface area contributed by atoms with Crippen molar-refractivity contribution in [3.05, 3.63) is 34.9 Å². The number of nitrogens with one attached hydrogen (secondary N) is 1. The molecule has 3 N–H and O–H groups in total. The van der Waals surface area contributed by atoms with Gasteiger partial charge in [-0.25, -0.2) is 8.78 Å². The highest BCUT2D eigenvalue weighted by Crippen LogP contribution is 2.35. The third-order valence-electron chi connectivity index (χ3n) is 5.81. The van der Waals surface area contributed by atoms with Crippen LogP contribution in [0.4, 0.5) is 8.78 Å². The number of piperidine rings is 1. The first-order chi connectivity index (χ1) is 13.3. The molecule has 3 heterocycles. The minimum atomic E-state index is -2.77. The van der Waals surface area contributed by atoms with E-state index in [1.807, 2.05) is 6.07 Å². The summed E-state index contributed by atoms with van der Waals surface area (Å²) in [6, 6.07) is 4.13. The SMILES string of the molecule is NCC1CC(F)(F)CN1Cc1cccc2c1CN(C1CCC(=O)NC1=O)C2=O. The van der Waals surface area contributed by atoms with E-state index < -0.39 is 23.9 Å². The zero-order chi connectivity index (χ0) is 20.1. The number of carbonyl (C=O) groups excluding carboxylic acids is 3. The Morgan fingerprint density at radius 2 is 2.04 bits per heavy atom. The van der Waals surface area contributed by atoms with Gasteiger partial charge >= 0.3 is 0 Å². The first-order valence-corrected chi connectivity index (χ1v) is 9.36. The van der Waals surface area contributed by atoms with Crippen molar-refractivity contribution < 1.29 is 23.2 Å². The van der Waals surface area contributed by atoms with Gasteiger partial charge in [0.15, 0.2) is 0 Å². The summed E-state index contributed by atoms with van der Waals surface area (Å²) in [6.45, 7) is 0.292. The molecule has 0 saturated carbocycles. The van der Waals surface area contributed by atoms with Crippen molar-refractivity contribution in [1.29, 1.82) is 0 Å². The lowest BCUT2D eigenvalue weighted by molar-refractivity contribution is -0.136. The van der Waals surface area contributed by atoms with Gasteiger partial charge in [0.1, 0.15) is 6.04 Å². The van der Waals surface area contributed by atoms with Gasteiger partial charge in [0.25, 0.3) is 11.8 Å². The number of hydrogen-bond acceptors (Lipinski definition) is 5. The second-order valence-corrected chi connectivity index (χ2v) is 7.70. The number of carbonyl (C=O) groups is 3. The third kappa shape index (κ3) is 3.29. The van der Waals surface area contributed by atoms with E-state index in [4.69, 9.17) is 5.73 Å². The molecule has 2 saturated heterocycles. The smallest absolute Gasteiger partial charge is 0.262 e. The van der Waals surface area contributed by atoms with Crippen molar-refractivity contribution in [1.82, 2.24) is 15.1 Å². The zero-order valence-electron chi connectivity index (χ0n) is 15.3. The van der Waals surface area contributed by atoms with Gasteiger partial charge in [-0.2, -0.15) is 0 Å². The fourth-order valence-electron chi connectivity index (χ4n) is 4.40. The van der Waals surface area contributed by atoms with Gasteiger partial charge in [-0.15, -0.1) is 0 Å². The van der Waals surface area contributed by atoms with Crippen LogP contribution in [0.1, 0.15) is 40.7 Å². The summed E-state index contributed by atoms with van der Waals surface area (Å²) in [5.41, 5.74) is 7.70. The molecule has 4 rings (SSSR count). The van der Waals surface area contributed by atoms with Gasteiger partial charge in [0.2, 0.25) is 11.8 Å². The van der Waals surface area contributed by atoms with Gasteiger partial charge in [-0.1, -0.05) is 12.1 Å². The van der Waals surface area contributed by atoms with Gasteiger partial charge < -0.3 is 10.6 Å². The van der Waals surface area contributed by atoms with E-state index in [1.54, 1.807) is 17.0 Å². The molecule has 9 heteroatoms. The number of nitrogens with zero attached hydrogens (tertiary/aromatic N) is 2. The van der Waals surface area contributed by atoms with E-state index in [0.29, 0.717) is 5.56 Å². The van der Waals surface area contributed by atoms with Crippen LogP contribution in [0, 0.1) is 0 Å². The number of fused-ring (bicyclic) bond motifs is 1. The first kappa shape index (κ1) is 18.9. The number of benzene rings is 1. The van der Waals surface area contributed by atoms with Crippen LogP contribution in [0.25, 0.3) is 0 Å². The Bertz CT molecular complexity index is 844. The molecular weight excluding hydrogens is 370 g/mol. The summed E-state index contributed by atoms with van der Waals surface area (Å²) in [6.07, 6.45) is 0.206. The second kappa shape index (κ2) is 6.89. The molecule has 150 valence electrons. The maximum atomic E-state index is 13.8. The second-order valence-electron chi connectivity index (χ2n) is 7.70. The molecule has 0 bridgehead atoms. The maximum absolute atomic E-state index is 13.8. The van der Waals surface area contributed by atoms with Gasteiger partial charge in [0, 0.05) is 44.1 Å². The molecule has 2 fully saturated rings. The Hall–Kier alpha value is -2.39. The van der Waals surface area contributed by atoms with E-state index in [2.05, 4.69) is 5.32 Å². The fraction of sp³-hybridized carbons (Fsp3) is 0.526. The summed E-state index contributed by atoms with van der Waals surface area (Å²) in [7, 11) is 0. The predicted octanol–water partition coefficient (Wildman–Crippen LogP) is 0.616. The predicted molar refractivity (Wildman–Crippen MR) is 95.3 cm³/mol. The van der Waals surface area contributed by atoms with Crippen LogP contribution in [-0.2, 0) is 22.7 Å². The number of amides is 3. The van der Waals surface area contributed by atoms with Crippen LogP contribution in [0.3, 0.4) is 0 Å². The van der Waals surface area contributed by atoms with Crippen molar-refractivity contribution in [3.63, 3.8) is 0 Å². The number of halogens is 2. The van der Waals surface area contributed by atoms with Gasteiger partial charge in [-0.05, 0) is 23.6 Å². The van der Waals surface area contributed by atoms with Crippen molar-refractivity contribution in [2.75, 3.05) is 13.1 Å². The standard InChI is InChI=1S/C19H22F2N4O3/c20-19(21)6-12(7-22)24(10-19)8-11-2-1-3-13-14(11)9-25(18(13)28)15-4-5-16(26)23-17(15)27/h1-3,12,15H,4-10,22H2,(H,23,26,27). The molecule has 7 nitrogen and oxygen atoms in total. The lowest BCUT2D eigenvalue weighted by Crippen LogP contribution is -2.52. The summed E-state index contributed by atoms with van der Waals surface area (Å²) in [4.78, 5) is 39.5. The molecule has 3 amide bonds. The number of alkyl halides is 2. The van der Waals surface area contributed by atoms with E-state index in [1.165, 1.54) is 4.90 Å². The maximum Gasteiger partial charge on any atom is 0.262 e. The summed E-state index contributed by atoms with van der Waals surface area (Å²) >= 11 is 0. The summed E-state index contributed by atoms with van der Waals surface area (Å²) < 4.78 is 27.6. The first-order valence-electron chi connectivity index (χ1n) is 9.36. The number of hydrogen-bond donors (Lipinski definition) is 2. The Morgan fingerprint density at radius 3 is 2.75 bits per heavy atom. The highest BCUT2D eigenvalue weighted by Gasteiger charge is 2.45. The van der Waals surface area contributed by atoms with Crippen LogP contribution in [-0.4, -0.2) is 58.6 Å². The average molecular weight is 392 g/mol. The van der Waals surface area contributed by atoms with Gasteiger partial charge in [0.05, 0.1) is 6.54 Å². The molecular formula is C19H22F2N4O3. The highest BCUT2D eigenvalue weighted by molar-refractivity contribution is 6.05. The summed E-state index contributed by atoms with van der Waals surface area (Å²) in [5.74, 6) is -3.85. The molecule has 2 unspecified atom stereocenters. The Morgan fingerprint density at radius 1 is 1.25 bits per heavy atom. The van der Waals surface area contributed by atoms with E-state index in [0.717, 1.165) is 11.1 Å². The molecule has 3 aliphatic rings. The highest BCUT2D eigenvalue weighted by atomic mass is 19.3. The molecule has 0 radical (unpaired) electrons. The van der Waals surface area contributed by atoms with Crippen LogP contribution in [0.2, 0.25) is 0 Å². The summed E-state index contributed by atoms with van der Waals surface area (Å²) in [5, 5.41) is 2.27. The van der Waals surface area contributed by atoms with E-state index in [9.17, 15) is 23.2 Å². The topological polar surface area (TPSA) is 95.7 Å². The quantitative estimate of drug-likeness (QED) is 0.733. The zero-order valence-corrected chi connectivity index (χ0v) is 15.3. The Kier molecular flexibility index (Phi) is 4.67. The number of nitrogens with two attached hydrogens (primary N) is 1. The minimum Gasteiger partial charge on any atom is -0.329 e. The monoisotopic (exact) mass is 392 g/mol. The van der Waals surface area contributed by atoms with Crippen molar-refractivity contribution in [3.8, 4) is 0 Å².